The van der Waals surface area contributed by atoms with Crippen LogP contribution < -0.4 is 5.73 Å². The summed E-state index contributed by atoms with van der Waals surface area (Å²) < 4.78 is 13.0. The fraction of sp³-hybridized carbons (Fsp3) is 1.00. The molecule has 11 heavy (non-hydrogen) atoms. The first kappa shape index (κ1) is 11.3. The Labute approximate surface area is 71.1 Å². The van der Waals surface area contributed by atoms with E-state index in [2.05, 4.69) is 9.24 Å². The second kappa shape index (κ2) is 5.05. The third kappa shape index (κ3) is 4.71. The molecule has 1 aliphatic carbocycles. The molecule has 0 bridgehead atoms. The van der Waals surface area contributed by atoms with Crippen molar-refractivity contribution in [3.05, 3.63) is 0 Å². The van der Waals surface area contributed by atoms with E-state index in [4.69, 9.17) is 5.73 Å². The summed E-state index contributed by atoms with van der Waals surface area (Å²) in [4.78, 5) is 0. The molecule has 1 aliphatic rings. The molecule has 3 unspecified atom stereocenters. The molecule has 3 heteroatoms. The predicted octanol–water partition coefficient (Wildman–Crippen LogP) is 2.45. The minimum Gasteiger partial charge on any atom is -0.328 e. The molecule has 0 amide bonds. The third-order valence-corrected chi connectivity index (χ3v) is 2.29. The largest absolute Gasteiger partial charge is 0.328 e. The second-order valence-electron chi connectivity index (χ2n) is 2.89. The van der Waals surface area contributed by atoms with Crippen LogP contribution in [0.3, 0.4) is 0 Å². The van der Waals surface area contributed by atoms with Gasteiger partial charge in [0.15, 0.2) is 0 Å². The highest BCUT2D eigenvalue weighted by atomic mass is 31.0. The number of halogens is 1. The molecule has 0 aromatic rings. The monoisotopic (exact) mass is 179 g/mol. The van der Waals surface area contributed by atoms with Gasteiger partial charge in [0, 0.05) is 6.04 Å². The van der Waals surface area contributed by atoms with Crippen molar-refractivity contribution < 1.29 is 4.39 Å². The van der Waals surface area contributed by atoms with E-state index in [1.165, 1.54) is 0 Å². The van der Waals surface area contributed by atoms with Crippen LogP contribution in [0.5, 0.6) is 0 Å². The van der Waals surface area contributed by atoms with Gasteiger partial charge in [-0.05, 0) is 25.7 Å². The molecular formula is C8H19FNP. The predicted molar refractivity (Wildman–Crippen MR) is 51.3 cm³/mol. The van der Waals surface area contributed by atoms with Gasteiger partial charge >= 0.3 is 0 Å². The first-order chi connectivity index (χ1) is 5.10. The molecule has 1 fully saturated rings. The highest BCUT2D eigenvalue weighted by molar-refractivity contribution is 7.18. The van der Waals surface area contributed by atoms with Gasteiger partial charge in [-0.1, -0.05) is 23.1 Å². The number of hydrogen-bond acceptors (Lipinski definition) is 1. The summed E-state index contributed by atoms with van der Waals surface area (Å²) >= 11 is 0. The van der Waals surface area contributed by atoms with E-state index in [1.54, 1.807) is 0 Å². The normalized spacial score (nSPS) is 37.4. The van der Waals surface area contributed by atoms with Crippen molar-refractivity contribution >= 4 is 9.24 Å². The number of alkyl halides is 1. The van der Waals surface area contributed by atoms with Gasteiger partial charge in [-0.15, -0.1) is 0 Å². The third-order valence-electron chi connectivity index (χ3n) is 1.77. The van der Waals surface area contributed by atoms with Crippen LogP contribution in [0, 0.1) is 0 Å². The lowest BCUT2D eigenvalue weighted by Crippen LogP contribution is -2.33. The van der Waals surface area contributed by atoms with Gasteiger partial charge < -0.3 is 5.73 Å². The van der Waals surface area contributed by atoms with E-state index >= 15 is 0 Å². The average Bonchev–Trinajstić information content (AvgIpc) is 1.89. The first-order valence-electron chi connectivity index (χ1n) is 4.33. The minimum absolute atomic E-state index is 0.0845. The molecule has 0 saturated heterocycles. The molecular weight excluding hydrogens is 160 g/mol. The summed E-state index contributed by atoms with van der Waals surface area (Å²) in [6.45, 7) is 4.00. The quantitative estimate of drug-likeness (QED) is 0.568. The van der Waals surface area contributed by atoms with Crippen LogP contribution in [0.15, 0.2) is 0 Å². The summed E-state index contributed by atoms with van der Waals surface area (Å²) in [6, 6.07) is 0.0845. The minimum atomic E-state index is -1.06. The average molecular weight is 179 g/mol. The lowest BCUT2D eigenvalue weighted by atomic mass is 9.94. The molecule has 1 nitrogen and oxygen atoms in total. The fourth-order valence-corrected chi connectivity index (χ4v) is 1.80. The molecule has 0 aliphatic heterocycles. The van der Waals surface area contributed by atoms with Gasteiger partial charge in [0.25, 0.3) is 0 Å². The molecule has 68 valence electrons. The lowest BCUT2D eigenvalue weighted by molar-refractivity contribution is 0.195. The Kier molecular flexibility index (Phi) is 5.20. The Morgan fingerprint density at radius 2 is 2.09 bits per heavy atom. The molecule has 0 spiro atoms. The van der Waals surface area contributed by atoms with Crippen LogP contribution in [0.1, 0.15) is 39.5 Å². The Morgan fingerprint density at radius 3 is 2.36 bits per heavy atom. The van der Waals surface area contributed by atoms with Crippen molar-refractivity contribution in [1.29, 1.82) is 0 Å². The molecule has 1 rings (SSSR count). The zero-order valence-corrected chi connectivity index (χ0v) is 8.59. The summed E-state index contributed by atoms with van der Waals surface area (Å²) in [7, 11) is 2.24. The SMILES string of the molecule is CC.NC1CCCC(F)(P)C1. The summed E-state index contributed by atoms with van der Waals surface area (Å²) in [5, 5.41) is -1.06. The van der Waals surface area contributed by atoms with Crippen LogP contribution in [0.4, 0.5) is 4.39 Å². The highest BCUT2D eigenvalue weighted by Crippen LogP contribution is 2.36. The molecule has 3 atom stereocenters. The van der Waals surface area contributed by atoms with Crippen molar-refractivity contribution in [2.24, 2.45) is 5.73 Å². The van der Waals surface area contributed by atoms with Crippen LogP contribution in [-0.4, -0.2) is 11.5 Å². The van der Waals surface area contributed by atoms with Gasteiger partial charge in [-0.25, -0.2) is 4.39 Å². The number of hydrogen-bond donors (Lipinski definition) is 1. The maximum absolute atomic E-state index is 13.0. The smallest absolute Gasteiger partial charge is 0.125 e. The van der Waals surface area contributed by atoms with Gasteiger partial charge in [0.05, 0.1) is 0 Å². The maximum atomic E-state index is 13.0. The first-order valence-corrected chi connectivity index (χ1v) is 4.91. The Morgan fingerprint density at radius 1 is 1.55 bits per heavy atom. The zero-order chi connectivity index (χ0) is 8.91. The molecule has 0 heterocycles. The van der Waals surface area contributed by atoms with E-state index < -0.39 is 5.41 Å². The fourth-order valence-electron chi connectivity index (χ4n) is 1.30. The van der Waals surface area contributed by atoms with Crippen LogP contribution >= 0.6 is 9.24 Å². The van der Waals surface area contributed by atoms with Crippen LogP contribution in [-0.2, 0) is 0 Å². The van der Waals surface area contributed by atoms with E-state index in [-0.39, 0.29) is 6.04 Å². The standard InChI is InChI=1S/C6H13FNP.C2H6/c7-6(9)3-1-2-5(8)4-6;1-2/h5H,1-4,8-9H2;1-2H3. The molecule has 0 radical (unpaired) electrons. The van der Waals surface area contributed by atoms with Crippen molar-refractivity contribution in [2.75, 3.05) is 0 Å². The van der Waals surface area contributed by atoms with Crippen molar-refractivity contribution in [3.63, 3.8) is 0 Å². The van der Waals surface area contributed by atoms with E-state index in [0.29, 0.717) is 12.8 Å². The Hall–Kier alpha value is 0.320. The highest BCUT2D eigenvalue weighted by Gasteiger charge is 2.29. The van der Waals surface area contributed by atoms with Crippen molar-refractivity contribution in [2.45, 2.75) is 51.0 Å². The summed E-state index contributed by atoms with van der Waals surface area (Å²) in [5.74, 6) is 0. The van der Waals surface area contributed by atoms with Gasteiger partial charge in [0.2, 0.25) is 0 Å². The molecule has 2 N–H and O–H groups in total. The summed E-state index contributed by atoms with van der Waals surface area (Å²) in [5.41, 5.74) is 5.56. The van der Waals surface area contributed by atoms with Gasteiger partial charge in [-0.3, -0.25) is 0 Å². The number of nitrogens with two attached hydrogens (primary N) is 1. The molecule has 0 aromatic heterocycles. The lowest BCUT2D eigenvalue weighted by Gasteiger charge is -2.29. The van der Waals surface area contributed by atoms with Gasteiger partial charge in [-0.2, -0.15) is 0 Å². The van der Waals surface area contributed by atoms with E-state index in [1.807, 2.05) is 13.8 Å². The molecule has 1 saturated carbocycles. The van der Waals surface area contributed by atoms with Crippen molar-refractivity contribution in [1.82, 2.24) is 0 Å². The van der Waals surface area contributed by atoms with E-state index in [9.17, 15) is 4.39 Å². The zero-order valence-electron chi connectivity index (χ0n) is 7.44. The topological polar surface area (TPSA) is 26.0 Å². The summed E-state index contributed by atoms with van der Waals surface area (Å²) in [6.07, 6.45) is 3.09. The van der Waals surface area contributed by atoms with Gasteiger partial charge in [0.1, 0.15) is 5.41 Å². The van der Waals surface area contributed by atoms with Crippen molar-refractivity contribution in [3.8, 4) is 0 Å². The maximum Gasteiger partial charge on any atom is 0.125 e. The van der Waals surface area contributed by atoms with E-state index in [0.717, 1.165) is 12.8 Å². The van der Waals surface area contributed by atoms with Crippen LogP contribution in [0.2, 0.25) is 0 Å². The molecule has 0 aromatic carbocycles. The van der Waals surface area contributed by atoms with Crippen LogP contribution in [0.25, 0.3) is 0 Å². The Balaban J connectivity index is 0.000000461. The Bertz CT molecular complexity index is 106. The number of rotatable bonds is 0. The second-order valence-corrected chi connectivity index (χ2v) is 3.93.